The number of amides is 1. The van der Waals surface area contributed by atoms with E-state index in [0.29, 0.717) is 17.9 Å². The Morgan fingerprint density at radius 1 is 1.12 bits per heavy atom. The quantitative estimate of drug-likeness (QED) is 0.621. The number of hydrogen-bond acceptors (Lipinski definition) is 4. The topological polar surface area (TPSA) is 55.8 Å². The number of fused-ring (bicyclic) bond motifs is 1. The van der Waals surface area contributed by atoms with Gasteiger partial charge < -0.3 is 14.4 Å². The monoisotopic (exact) mass is 337 g/mol. The van der Waals surface area contributed by atoms with Crippen molar-refractivity contribution in [2.24, 2.45) is 0 Å². The van der Waals surface area contributed by atoms with Crippen LogP contribution < -0.4 is 9.64 Å². The Morgan fingerprint density at radius 2 is 1.84 bits per heavy atom. The summed E-state index contributed by atoms with van der Waals surface area (Å²) in [5.41, 5.74) is 3.46. The summed E-state index contributed by atoms with van der Waals surface area (Å²) in [6.45, 7) is 2.47. The number of carbonyl (C=O) groups excluding carboxylic acids is 2. The number of anilines is 1. The third kappa shape index (κ3) is 3.40. The van der Waals surface area contributed by atoms with E-state index in [0.717, 1.165) is 16.8 Å². The summed E-state index contributed by atoms with van der Waals surface area (Å²) in [6, 6.07) is 15.0. The lowest BCUT2D eigenvalue weighted by atomic mass is 10.0. The average molecular weight is 337 g/mol. The summed E-state index contributed by atoms with van der Waals surface area (Å²) in [7, 11) is 1.32. The van der Waals surface area contributed by atoms with Gasteiger partial charge in [0.1, 0.15) is 5.75 Å². The zero-order valence-corrected chi connectivity index (χ0v) is 14.2. The molecule has 0 spiro atoms. The lowest BCUT2D eigenvalue weighted by Crippen LogP contribution is -2.25. The van der Waals surface area contributed by atoms with Gasteiger partial charge in [0.25, 0.3) is 5.91 Å². The molecule has 0 N–H and O–H groups in total. The Hall–Kier alpha value is -3.08. The number of esters is 1. The number of benzene rings is 2. The maximum atomic E-state index is 12.7. The second kappa shape index (κ2) is 7.21. The van der Waals surface area contributed by atoms with Gasteiger partial charge in [-0.3, -0.25) is 4.79 Å². The van der Waals surface area contributed by atoms with Crippen molar-refractivity contribution in [3.8, 4) is 5.75 Å². The van der Waals surface area contributed by atoms with E-state index in [2.05, 4.69) is 4.74 Å². The third-order valence-corrected chi connectivity index (χ3v) is 4.05. The van der Waals surface area contributed by atoms with Gasteiger partial charge in [-0.25, -0.2) is 4.79 Å². The highest BCUT2D eigenvalue weighted by Crippen LogP contribution is 2.37. The van der Waals surface area contributed by atoms with Crippen molar-refractivity contribution >= 4 is 29.2 Å². The zero-order valence-electron chi connectivity index (χ0n) is 14.2. The Balaban J connectivity index is 1.83. The van der Waals surface area contributed by atoms with E-state index in [4.69, 9.17) is 4.74 Å². The van der Waals surface area contributed by atoms with Crippen LogP contribution >= 0.6 is 0 Å². The average Bonchev–Trinajstić information content (AvgIpc) is 2.92. The molecule has 0 aliphatic carbocycles. The lowest BCUT2D eigenvalue weighted by Gasteiger charge is -2.13. The molecule has 1 aliphatic rings. The molecule has 0 unspecified atom stereocenters. The fraction of sp³-hybridized carbons (Fsp3) is 0.200. The van der Waals surface area contributed by atoms with Crippen LogP contribution in [0.3, 0.4) is 0 Å². The minimum atomic E-state index is -0.431. The molecule has 0 saturated heterocycles. The Morgan fingerprint density at radius 3 is 2.52 bits per heavy atom. The van der Waals surface area contributed by atoms with E-state index in [9.17, 15) is 9.59 Å². The van der Waals surface area contributed by atoms with Crippen molar-refractivity contribution in [3.05, 3.63) is 59.7 Å². The number of methoxy groups -OCH3 is 1. The normalized spacial score (nSPS) is 14.6. The highest BCUT2D eigenvalue weighted by molar-refractivity contribution is 6.35. The molecule has 2 aromatic carbocycles. The highest BCUT2D eigenvalue weighted by Gasteiger charge is 2.30. The first-order valence-electron chi connectivity index (χ1n) is 8.06. The molecular weight excluding hydrogens is 318 g/mol. The number of hydrogen-bond donors (Lipinski definition) is 0. The molecule has 2 aromatic rings. The second-order valence-corrected chi connectivity index (χ2v) is 5.56. The van der Waals surface area contributed by atoms with Gasteiger partial charge in [0.15, 0.2) is 6.61 Å². The summed E-state index contributed by atoms with van der Waals surface area (Å²) in [5, 5.41) is 0. The molecule has 0 bridgehead atoms. The van der Waals surface area contributed by atoms with Gasteiger partial charge in [-0.05, 0) is 36.8 Å². The summed E-state index contributed by atoms with van der Waals surface area (Å²) in [6.07, 6.45) is 1.88. The Bertz CT molecular complexity index is 824. The molecule has 0 radical (unpaired) electrons. The standard InChI is InChI=1S/C20H19NO4/c1-3-21-18-7-5-4-6-16(18)17(20(21)23)12-14-8-10-15(11-9-14)25-13-19(22)24-2/h4-12H,3,13H2,1-2H3/b17-12-. The van der Waals surface area contributed by atoms with E-state index in [1.54, 1.807) is 17.0 Å². The van der Waals surface area contributed by atoms with Crippen LogP contribution in [-0.4, -0.2) is 32.1 Å². The summed E-state index contributed by atoms with van der Waals surface area (Å²) >= 11 is 0. The summed E-state index contributed by atoms with van der Waals surface area (Å²) in [5.74, 6) is 0.148. The van der Waals surface area contributed by atoms with Crippen LogP contribution in [0.4, 0.5) is 5.69 Å². The Kier molecular flexibility index (Phi) is 4.84. The van der Waals surface area contributed by atoms with Gasteiger partial charge in [0, 0.05) is 17.7 Å². The predicted molar refractivity (Wildman–Crippen MR) is 96.3 cm³/mol. The summed E-state index contributed by atoms with van der Waals surface area (Å²) < 4.78 is 9.86. The van der Waals surface area contributed by atoms with Gasteiger partial charge >= 0.3 is 5.97 Å². The van der Waals surface area contributed by atoms with Gasteiger partial charge in [-0.1, -0.05) is 30.3 Å². The molecule has 25 heavy (non-hydrogen) atoms. The van der Waals surface area contributed by atoms with Crippen LogP contribution in [0.25, 0.3) is 11.6 Å². The number of nitrogens with zero attached hydrogens (tertiary/aromatic N) is 1. The number of carbonyl (C=O) groups is 2. The van der Waals surface area contributed by atoms with Crippen molar-refractivity contribution in [2.75, 3.05) is 25.2 Å². The molecule has 0 fully saturated rings. The molecule has 1 aliphatic heterocycles. The third-order valence-electron chi connectivity index (χ3n) is 4.05. The van der Waals surface area contributed by atoms with Crippen LogP contribution in [0.1, 0.15) is 18.1 Å². The van der Waals surface area contributed by atoms with E-state index in [1.807, 2.05) is 49.4 Å². The largest absolute Gasteiger partial charge is 0.482 e. The van der Waals surface area contributed by atoms with Crippen LogP contribution in [0.5, 0.6) is 5.75 Å². The van der Waals surface area contributed by atoms with E-state index in [-0.39, 0.29) is 12.5 Å². The number of likely N-dealkylation sites (N-methyl/N-ethyl adjacent to an activating group) is 1. The minimum absolute atomic E-state index is 0.00900. The van der Waals surface area contributed by atoms with E-state index in [1.165, 1.54) is 7.11 Å². The van der Waals surface area contributed by atoms with E-state index >= 15 is 0 Å². The molecule has 128 valence electrons. The fourth-order valence-electron chi connectivity index (χ4n) is 2.79. The first-order chi connectivity index (χ1) is 12.1. The first-order valence-corrected chi connectivity index (χ1v) is 8.06. The molecule has 0 saturated carbocycles. The zero-order chi connectivity index (χ0) is 17.8. The van der Waals surface area contributed by atoms with Crippen LogP contribution in [0.15, 0.2) is 48.5 Å². The number of para-hydroxylation sites is 1. The van der Waals surface area contributed by atoms with Crippen molar-refractivity contribution in [1.82, 2.24) is 0 Å². The second-order valence-electron chi connectivity index (χ2n) is 5.56. The number of rotatable bonds is 5. The Labute approximate surface area is 146 Å². The number of ether oxygens (including phenoxy) is 2. The highest BCUT2D eigenvalue weighted by atomic mass is 16.6. The lowest BCUT2D eigenvalue weighted by molar-refractivity contribution is -0.142. The molecule has 1 amide bonds. The molecule has 0 atom stereocenters. The molecule has 1 heterocycles. The fourth-order valence-corrected chi connectivity index (χ4v) is 2.79. The van der Waals surface area contributed by atoms with Crippen molar-refractivity contribution in [2.45, 2.75) is 6.92 Å². The van der Waals surface area contributed by atoms with Crippen molar-refractivity contribution in [1.29, 1.82) is 0 Å². The molecule has 5 nitrogen and oxygen atoms in total. The summed E-state index contributed by atoms with van der Waals surface area (Å²) in [4.78, 5) is 25.5. The van der Waals surface area contributed by atoms with Crippen LogP contribution in [0, 0.1) is 0 Å². The maximum absolute atomic E-state index is 12.7. The predicted octanol–water partition coefficient (Wildman–Crippen LogP) is 3.15. The molecule has 5 heteroatoms. The van der Waals surface area contributed by atoms with Crippen LogP contribution in [-0.2, 0) is 14.3 Å². The SMILES string of the molecule is CCN1C(=O)/C(=C\c2ccc(OCC(=O)OC)cc2)c2ccccc21. The van der Waals surface area contributed by atoms with E-state index < -0.39 is 5.97 Å². The minimum Gasteiger partial charge on any atom is -0.482 e. The van der Waals surface area contributed by atoms with Crippen molar-refractivity contribution < 1.29 is 19.1 Å². The van der Waals surface area contributed by atoms with Crippen molar-refractivity contribution in [3.63, 3.8) is 0 Å². The maximum Gasteiger partial charge on any atom is 0.343 e. The van der Waals surface area contributed by atoms with Crippen LogP contribution in [0.2, 0.25) is 0 Å². The smallest absolute Gasteiger partial charge is 0.343 e. The van der Waals surface area contributed by atoms with Gasteiger partial charge in [0.05, 0.1) is 12.8 Å². The van der Waals surface area contributed by atoms with Gasteiger partial charge in [0.2, 0.25) is 0 Å². The molecule has 3 rings (SSSR count). The van der Waals surface area contributed by atoms with Gasteiger partial charge in [-0.15, -0.1) is 0 Å². The molecule has 0 aromatic heterocycles. The first kappa shape index (κ1) is 16.8. The molecular formula is C20H19NO4. The van der Waals surface area contributed by atoms with Gasteiger partial charge in [-0.2, -0.15) is 0 Å².